The van der Waals surface area contributed by atoms with Crippen LogP contribution in [0, 0.1) is 41.8 Å². The van der Waals surface area contributed by atoms with Crippen molar-refractivity contribution in [1.29, 1.82) is 0 Å². The van der Waals surface area contributed by atoms with Crippen LogP contribution in [0.4, 0.5) is 35.1 Å². The number of aryl methyl sites for hydroxylation is 1. The molecule has 0 aliphatic heterocycles. The molecule has 11 heteroatoms. The number of rotatable bonds is 24. The van der Waals surface area contributed by atoms with Crippen molar-refractivity contribution in [2.75, 3.05) is 19.8 Å². The Morgan fingerprint density at radius 1 is 0.455 bits per heavy atom. The molecule has 0 N–H and O–H groups in total. The van der Waals surface area contributed by atoms with Gasteiger partial charge in [-0.3, -0.25) is 0 Å². The van der Waals surface area contributed by atoms with Gasteiger partial charge in [0.1, 0.15) is 23.1 Å². The summed E-state index contributed by atoms with van der Waals surface area (Å²) in [5, 5.41) is 0. The Balaban J connectivity index is 0.987. The number of hydrogen-bond acceptors (Lipinski definition) is 3. The van der Waals surface area contributed by atoms with Gasteiger partial charge in [0.05, 0.1) is 19.8 Å². The first-order valence-corrected chi connectivity index (χ1v) is 19.2. The SMILES string of the molecule is CCOc1ccc(-c2ccc(OCCCCCCCCC(F)(F)CCCCCCCCOc3ccc(-c4ccc(C)c(F)c4F)c(F)c3)cc2F)c(F)c1F. The molecule has 0 radical (unpaired) electrons. The molecule has 0 saturated carbocycles. The summed E-state index contributed by atoms with van der Waals surface area (Å²) < 4.78 is 131. The zero-order valence-corrected chi connectivity index (χ0v) is 31.5. The van der Waals surface area contributed by atoms with E-state index in [1.807, 2.05) is 0 Å². The van der Waals surface area contributed by atoms with Crippen LogP contribution in [0.5, 0.6) is 17.2 Å². The number of alkyl halides is 2. The van der Waals surface area contributed by atoms with Crippen LogP contribution in [0.15, 0.2) is 60.7 Å². The molecule has 3 nitrogen and oxygen atoms in total. The zero-order chi connectivity index (χ0) is 39.8. The average molecular weight is 779 g/mol. The van der Waals surface area contributed by atoms with E-state index in [1.165, 1.54) is 55.5 Å². The number of benzene rings is 4. The largest absolute Gasteiger partial charge is 0.493 e. The molecule has 0 aromatic heterocycles. The summed E-state index contributed by atoms with van der Waals surface area (Å²) in [4.78, 5) is 0. The van der Waals surface area contributed by atoms with Crippen LogP contribution >= 0.6 is 0 Å². The molecule has 0 heterocycles. The van der Waals surface area contributed by atoms with Gasteiger partial charge in [0.25, 0.3) is 0 Å². The highest BCUT2D eigenvalue weighted by molar-refractivity contribution is 5.67. The van der Waals surface area contributed by atoms with Gasteiger partial charge in [-0.15, -0.1) is 0 Å². The van der Waals surface area contributed by atoms with E-state index in [2.05, 4.69) is 0 Å². The lowest BCUT2D eigenvalue weighted by Gasteiger charge is -2.16. The average Bonchev–Trinajstić information content (AvgIpc) is 3.15. The fourth-order valence-corrected chi connectivity index (χ4v) is 6.36. The lowest BCUT2D eigenvalue weighted by molar-refractivity contribution is -0.0206. The summed E-state index contributed by atoms with van der Waals surface area (Å²) in [6.45, 7) is 3.95. The molecule has 0 atom stereocenters. The van der Waals surface area contributed by atoms with Gasteiger partial charge in [0.2, 0.25) is 11.7 Å². The normalized spacial score (nSPS) is 11.6. The predicted molar refractivity (Wildman–Crippen MR) is 200 cm³/mol. The van der Waals surface area contributed by atoms with Gasteiger partial charge >= 0.3 is 0 Å². The van der Waals surface area contributed by atoms with Crippen molar-refractivity contribution < 1.29 is 49.3 Å². The van der Waals surface area contributed by atoms with Gasteiger partial charge in [-0.1, -0.05) is 63.5 Å². The number of halogens is 8. The van der Waals surface area contributed by atoms with Gasteiger partial charge in [-0.2, -0.15) is 4.39 Å². The molecule has 0 spiro atoms. The molecular weight excluding hydrogens is 728 g/mol. The van der Waals surface area contributed by atoms with Crippen LogP contribution < -0.4 is 14.2 Å². The summed E-state index contributed by atoms with van der Waals surface area (Å²) in [5.74, 6) is -8.24. The van der Waals surface area contributed by atoms with Gasteiger partial charge in [-0.05, 0) is 81.5 Å². The van der Waals surface area contributed by atoms with Crippen LogP contribution in [0.1, 0.15) is 102 Å². The molecule has 0 bridgehead atoms. The Morgan fingerprint density at radius 2 is 0.873 bits per heavy atom. The topological polar surface area (TPSA) is 27.7 Å². The highest BCUT2D eigenvalue weighted by Gasteiger charge is 2.27. The third-order valence-corrected chi connectivity index (χ3v) is 9.49. The second-order valence-electron chi connectivity index (χ2n) is 13.8. The highest BCUT2D eigenvalue weighted by atomic mass is 19.3. The molecule has 0 unspecified atom stereocenters. The van der Waals surface area contributed by atoms with Crippen molar-refractivity contribution in [3.05, 3.63) is 101 Å². The minimum atomic E-state index is -2.68. The van der Waals surface area contributed by atoms with Crippen molar-refractivity contribution >= 4 is 0 Å². The number of unbranched alkanes of at least 4 members (excludes halogenated alkanes) is 10. The standard InChI is InChI=1S/C44H50F8O3/c1-3-53-39-23-22-36(42(49)43(39)50)34-21-18-32(29-38(34)46)55-27-15-11-7-5-9-13-25-44(51,52)24-12-8-4-6-10-14-26-54-31-17-20-33(37(45)28-31)35-19-16-30(2)40(47)41(35)48/h16-23,28-29H,3-15,24-27H2,1-2H3. The molecule has 4 aromatic carbocycles. The highest BCUT2D eigenvalue weighted by Crippen LogP contribution is 2.34. The van der Waals surface area contributed by atoms with Gasteiger partial charge in [0.15, 0.2) is 23.2 Å². The smallest absolute Gasteiger partial charge is 0.248 e. The summed E-state index contributed by atoms with van der Waals surface area (Å²) in [5.41, 5.74) is -0.352. The Labute approximate surface area is 319 Å². The van der Waals surface area contributed by atoms with Gasteiger partial charge in [-0.25, -0.2) is 30.7 Å². The summed E-state index contributed by atoms with van der Waals surface area (Å²) in [6.07, 6.45) is 8.66. The van der Waals surface area contributed by atoms with Crippen LogP contribution in [0.3, 0.4) is 0 Å². The van der Waals surface area contributed by atoms with E-state index >= 15 is 0 Å². The molecule has 0 aliphatic carbocycles. The Bertz CT molecular complexity index is 1810. The van der Waals surface area contributed by atoms with E-state index < -0.39 is 40.8 Å². The van der Waals surface area contributed by atoms with Crippen LogP contribution in [0.2, 0.25) is 0 Å². The fraction of sp³-hybridized carbons (Fsp3) is 0.455. The summed E-state index contributed by atoms with van der Waals surface area (Å²) in [7, 11) is 0. The van der Waals surface area contributed by atoms with Gasteiger partial charge < -0.3 is 14.2 Å². The minimum absolute atomic E-state index is 0.0463. The van der Waals surface area contributed by atoms with Crippen molar-refractivity contribution in [2.24, 2.45) is 0 Å². The molecule has 0 amide bonds. The molecule has 0 aliphatic rings. The molecular formula is C44H50F8O3. The lowest BCUT2D eigenvalue weighted by Crippen LogP contribution is -2.15. The van der Waals surface area contributed by atoms with E-state index in [1.54, 1.807) is 6.92 Å². The first kappa shape index (κ1) is 43.4. The van der Waals surface area contributed by atoms with E-state index in [0.717, 1.165) is 69.9 Å². The second kappa shape index (κ2) is 21.7. The van der Waals surface area contributed by atoms with E-state index in [4.69, 9.17) is 14.2 Å². The molecule has 0 fully saturated rings. The molecule has 4 aromatic rings. The van der Waals surface area contributed by atoms with E-state index in [0.29, 0.717) is 38.2 Å². The summed E-state index contributed by atoms with van der Waals surface area (Å²) in [6, 6.07) is 13.3. The molecule has 300 valence electrons. The first-order chi connectivity index (χ1) is 26.4. The van der Waals surface area contributed by atoms with Gasteiger partial charge in [0, 0.05) is 47.2 Å². The monoisotopic (exact) mass is 778 g/mol. The predicted octanol–water partition coefficient (Wildman–Crippen LogP) is 14.1. The Morgan fingerprint density at radius 3 is 1.35 bits per heavy atom. The fourth-order valence-electron chi connectivity index (χ4n) is 6.36. The Hall–Kier alpha value is -4.28. The minimum Gasteiger partial charge on any atom is -0.493 e. The van der Waals surface area contributed by atoms with Crippen molar-refractivity contribution in [1.82, 2.24) is 0 Å². The molecule has 55 heavy (non-hydrogen) atoms. The van der Waals surface area contributed by atoms with Crippen LogP contribution in [-0.2, 0) is 0 Å². The quantitative estimate of drug-likeness (QED) is 0.0524. The van der Waals surface area contributed by atoms with Crippen molar-refractivity contribution in [3.8, 4) is 39.5 Å². The van der Waals surface area contributed by atoms with E-state index in [9.17, 15) is 35.1 Å². The maximum Gasteiger partial charge on any atom is 0.248 e. The van der Waals surface area contributed by atoms with E-state index in [-0.39, 0.29) is 58.8 Å². The first-order valence-electron chi connectivity index (χ1n) is 19.2. The van der Waals surface area contributed by atoms with Crippen molar-refractivity contribution in [3.63, 3.8) is 0 Å². The molecule has 4 rings (SSSR count). The second-order valence-corrected chi connectivity index (χ2v) is 13.8. The third-order valence-electron chi connectivity index (χ3n) is 9.49. The maximum atomic E-state index is 14.7. The Kier molecular flexibility index (Phi) is 17.2. The maximum absolute atomic E-state index is 14.7. The summed E-state index contributed by atoms with van der Waals surface area (Å²) >= 11 is 0. The number of ether oxygens (including phenoxy) is 3. The zero-order valence-electron chi connectivity index (χ0n) is 31.5. The number of hydrogen-bond donors (Lipinski definition) is 0. The lowest BCUT2D eigenvalue weighted by atomic mass is 10.0. The van der Waals surface area contributed by atoms with Crippen molar-refractivity contribution in [2.45, 2.75) is 110 Å². The van der Waals surface area contributed by atoms with Crippen LogP contribution in [0.25, 0.3) is 22.3 Å². The third kappa shape index (κ3) is 13.2. The molecule has 0 saturated heterocycles. The van der Waals surface area contributed by atoms with Crippen LogP contribution in [-0.4, -0.2) is 25.7 Å².